The smallest absolute Gasteiger partial charge is 0.152 e. The molecule has 0 saturated heterocycles. The van der Waals surface area contributed by atoms with E-state index in [1.165, 1.54) is 0 Å². The molecule has 0 bridgehead atoms. The minimum absolute atomic E-state index is 0.145. The SMILES string of the molecule is CCCS(=O)(=O)CCn1cc(CN)c(C)n1. The molecule has 1 rings (SSSR count). The van der Waals surface area contributed by atoms with Crippen LogP contribution in [-0.4, -0.2) is 29.7 Å². The summed E-state index contributed by atoms with van der Waals surface area (Å²) in [4.78, 5) is 0. The molecule has 92 valence electrons. The van der Waals surface area contributed by atoms with Crippen molar-refractivity contribution in [3.63, 3.8) is 0 Å². The monoisotopic (exact) mass is 245 g/mol. The van der Waals surface area contributed by atoms with Crippen molar-refractivity contribution in [1.82, 2.24) is 9.78 Å². The van der Waals surface area contributed by atoms with Crippen LogP contribution in [-0.2, 0) is 22.9 Å². The summed E-state index contributed by atoms with van der Waals surface area (Å²) in [6, 6.07) is 0. The van der Waals surface area contributed by atoms with Crippen LogP contribution >= 0.6 is 0 Å². The fourth-order valence-corrected chi connectivity index (χ4v) is 2.81. The van der Waals surface area contributed by atoms with Gasteiger partial charge in [-0.2, -0.15) is 5.10 Å². The molecule has 0 fully saturated rings. The van der Waals surface area contributed by atoms with E-state index >= 15 is 0 Å². The second-order valence-corrected chi connectivity index (χ2v) is 6.16. The van der Waals surface area contributed by atoms with Crippen molar-refractivity contribution in [3.05, 3.63) is 17.5 Å². The molecular weight excluding hydrogens is 226 g/mol. The molecule has 0 radical (unpaired) electrons. The van der Waals surface area contributed by atoms with Gasteiger partial charge in [0.15, 0.2) is 9.84 Å². The number of hydrogen-bond donors (Lipinski definition) is 1. The van der Waals surface area contributed by atoms with Gasteiger partial charge in [0, 0.05) is 24.1 Å². The molecule has 0 aliphatic carbocycles. The highest BCUT2D eigenvalue weighted by Gasteiger charge is 2.10. The quantitative estimate of drug-likeness (QED) is 0.790. The van der Waals surface area contributed by atoms with E-state index in [-0.39, 0.29) is 11.5 Å². The lowest BCUT2D eigenvalue weighted by Crippen LogP contribution is -2.16. The fraction of sp³-hybridized carbons (Fsp3) is 0.700. The Kier molecular flexibility index (Phi) is 4.49. The van der Waals surface area contributed by atoms with Crippen LogP contribution < -0.4 is 5.73 Å². The van der Waals surface area contributed by atoms with Crippen LogP contribution in [0.2, 0.25) is 0 Å². The molecule has 0 unspecified atom stereocenters. The lowest BCUT2D eigenvalue weighted by molar-refractivity contribution is 0.578. The molecular formula is C10H19N3O2S. The largest absolute Gasteiger partial charge is 0.326 e. The molecule has 1 aromatic rings. The Hall–Kier alpha value is -0.880. The first kappa shape index (κ1) is 13.2. The third-order valence-electron chi connectivity index (χ3n) is 2.41. The molecule has 0 saturated carbocycles. The molecule has 6 heteroatoms. The molecule has 0 aromatic carbocycles. The van der Waals surface area contributed by atoms with E-state index in [1.807, 2.05) is 20.0 Å². The first-order chi connectivity index (χ1) is 7.48. The van der Waals surface area contributed by atoms with Crippen molar-refractivity contribution in [3.8, 4) is 0 Å². The van der Waals surface area contributed by atoms with Gasteiger partial charge < -0.3 is 5.73 Å². The molecule has 0 spiro atoms. The summed E-state index contributed by atoms with van der Waals surface area (Å²) in [6.07, 6.45) is 2.48. The highest BCUT2D eigenvalue weighted by Crippen LogP contribution is 2.05. The Morgan fingerprint density at radius 1 is 1.44 bits per heavy atom. The Bertz CT molecular complexity index is 437. The van der Waals surface area contributed by atoms with Gasteiger partial charge in [0.25, 0.3) is 0 Å². The van der Waals surface area contributed by atoms with Gasteiger partial charge in [0.05, 0.1) is 18.0 Å². The zero-order valence-electron chi connectivity index (χ0n) is 9.81. The zero-order chi connectivity index (χ0) is 12.2. The normalized spacial score (nSPS) is 11.9. The Balaban J connectivity index is 2.61. The van der Waals surface area contributed by atoms with Gasteiger partial charge in [-0.3, -0.25) is 4.68 Å². The maximum Gasteiger partial charge on any atom is 0.152 e. The molecule has 0 aliphatic heterocycles. The minimum atomic E-state index is -2.93. The van der Waals surface area contributed by atoms with Crippen molar-refractivity contribution in [2.45, 2.75) is 33.4 Å². The van der Waals surface area contributed by atoms with Gasteiger partial charge in [-0.05, 0) is 13.3 Å². The first-order valence-electron chi connectivity index (χ1n) is 5.42. The number of nitrogens with two attached hydrogens (primary N) is 1. The lowest BCUT2D eigenvalue weighted by atomic mass is 10.3. The van der Waals surface area contributed by atoms with Gasteiger partial charge in [0.2, 0.25) is 0 Å². The number of sulfone groups is 1. The maximum absolute atomic E-state index is 11.5. The standard InChI is InChI=1S/C10H19N3O2S/c1-3-5-16(14,15)6-4-13-8-10(7-11)9(2)12-13/h8H,3-7,11H2,1-2H3. The first-order valence-corrected chi connectivity index (χ1v) is 7.24. The third kappa shape index (κ3) is 3.61. The summed E-state index contributed by atoms with van der Waals surface area (Å²) < 4.78 is 24.7. The van der Waals surface area contributed by atoms with Gasteiger partial charge >= 0.3 is 0 Å². The van der Waals surface area contributed by atoms with E-state index in [0.717, 1.165) is 11.3 Å². The van der Waals surface area contributed by atoms with E-state index in [2.05, 4.69) is 5.10 Å². The lowest BCUT2D eigenvalue weighted by Gasteiger charge is -2.02. The second-order valence-electron chi connectivity index (χ2n) is 3.86. The third-order valence-corrected chi connectivity index (χ3v) is 4.25. The predicted octanol–water partition coefficient (Wildman–Crippen LogP) is 0.475. The fourth-order valence-electron chi connectivity index (χ4n) is 1.52. The van der Waals surface area contributed by atoms with Gasteiger partial charge in [0.1, 0.15) is 0 Å². The van der Waals surface area contributed by atoms with Crippen molar-refractivity contribution < 1.29 is 8.42 Å². The molecule has 16 heavy (non-hydrogen) atoms. The van der Waals surface area contributed by atoms with Crippen LogP contribution in [0.15, 0.2) is 6.20 Å². The molecule has 0 amide bonds. The minimum Gasteiger partial charge on any atom is -0.326 e. The summed E-state index contributed by atoms with van der Waals surface area (Å²) in [5, 5.41) is 4.22. The second kappa shape index (κ2) is 5.45. The van der Waals surface area contributed by atoms with Crippen molar-refractivity contribution >= 4 is 9.84 Å². The van der Waals surface area contributed by atoms with Crippen LogP contribution in [0.25, 0.3) is 0 Å². The molecule has 5 nitrogen and oxygen atoms in total. The van der Waals surface area contributed by atoms with Gasteiger partial charge in [-0.15, -0.1) is 0 Å². The van der Waals surface area contributed by atoms with E-state index in [0.29, 0.717) is 19.5 Å². The number of rotatable bonds is 6. The van der Waals surface area contributed by atoms with Crippen LogP contribution in [0.5, 0.6) is 0 Å². The van der Waals surface area contributed by atoms with E-state index in [1.54, 1.807) is 4.68 Å². The van der Waals surface area contributed by atoms with E-state index in [4.69, 9.17) is 5.73 Å². The Labute approximate surface area is 96.6 Å². The van der Waals surface area contributed by atoms with Gasteiger partial charge in [-0.1, -0.05) is 6.92 Å². The average Bonchev–Trinajstić information content (AvgIpc) is 2.56. The number of aromatic nitrogens is 2. The zero-order valence-corrected chi connectivity index (χ0v) is 10.6. The van der Waals surface area contributed by atoms with Crippen LogP contribution in [0.1, 0.15) is 24.6 Å². The van der Waals surface area contributed by atoms with Crippen LogP contribution in [0, 0.1) is 6.92 Å². The van der Waals surface area contributed by atoms with Crippen molar-refractivity contribution in [1.29, 1.82) is 0 Å². The summed E-state index contributed by atoms with van der Waals surface area (Å²) in [6.45, 7) is 4.58. The average molecular weight is 245 g/mol. The Morgan fingerprint density at radius 2 is 2.12 bits per heavy atom. The molecule has 1 heterocycles. The highest BCUT2D eigenvalue weighted by atomic mass is 32.2. The van der Waals surface area contributed by atoms with Crippen molar-refractivity contribution in [2.75, 3.05) is 11.5 Å². The van der Waals surface area contributed by atoms with Gasteiger partial charge in [-0.25, -0.2) is 8.42 Å². The van der Waals surface area contributed by atoms with Crippen LogP contribution in [0.3, 0.4) is 0 Å². The van der Waals surface area contributed by atoms with Crippen LogP contribution in [0.4, 0.5) is 0 Å². The molecule has 0 aliphatic rings. The molecule has 1 aromatic heterocycles. The molecule has 0 atom stereocenters. The highest BCUT2D eigenvalue weighted by molar-refractivity contribution is 7.91. The Morgan fingerprint density at radius 3 is 2.62 bits per heavy atom. The number of nitrogens with zero attached hydrogens (tertiary/aromatic N) is 2. The summed E-state index contributed by atoms with van der Waals surface area (Å²) in [5.41, 5.74) is 7.36. The summed E-state index contributed by atoms with van der Waals surface area (Å²) >= 11 is 0. The maximum atomic E-state index is 11.5. The topological polar surface area (TPSA) is 78.0 Å². The predicted molar refractivity (Wildman–Crippen MR) is 63.8 cm³/mol. The molecule has 2 N–H and O–H groups in total. The van der Waals surface area contributed by atoms with E-state index < -0.39 is 9.84 Å². The summed E-state index contributed by atoms with van der Waals surface area (Å²) in [7, 11) is -2.93. The number of aryl methyl sites for hydroxylation is 2. The van der Waals surface area contributed by atoms with E-state index in [9.17, 15) is 8.42 Å². The summed E-state index contributed by atoms with van der Waals surface area (Å²) in [5.74, 6) is 0.392. The number of hydrogen-bond acceptors (Lipinski definition) is 4. The van der Waals surface area contributed by atoms with Crippen molar-refractivity contribution in [2.24, 2.45) is 5.73 Å².